The standard InChI is InChI=1S/C15H26N4O/c1-4-12-10-14(19(5-2)17-12)15(20)18(3)11-13-8-6-7-9-16-13/h10,13,16H,4-9,11H2,1-3H3. The van der Waals surface area contributed by atoms with Crippen LogP contribution in [0.3, 0.4) is 0 Å². The Morgan fingerprint density at radius 1 is 1.50 bits per heavy atom. The van der Waals surface area contributed by atoms with Gasteiger partial charge in [0.2, 0.25) is 0 Å². The third kappa shape index (κ3) is 3.39. The molecule has 5 heteroatoms. The molecule has 5 nitrogen and oxygen atoms in total. The van der Waals surface area contributed by atoms with Crippen molar-refractivity contribution >= 4 is 5.91 Å². The summed E-state index contributed by atoms with van der Waals surface area (Å²) in [6.07, 6.45) is 4.52. The number of carbonyl (C=O) groups is 1. The van der Waals surface area contributed by atoms with E-state index in [4.69, 9.17) is 0 Å². The lowest BCUT2D eigenvalue weighted by Gasteiger charge is -2.28. The Bertz CT molecular complexity index is 449. The lowest BCUT2D eigenvalue weighted by atomic mass is 10.0. The van der Waals surface area contributed by atoms with Crippen LogP contribution in [0.1, 0.15) is 49.3 Å². The molecule has 1 aliphatic rings. The lowest BCUT2D eigenvalue weighted by molar-refractivity contribution is 0.0763. The summed E-state index contributed by atoms with van der Waals surface area (Å²) in [5, 5.41) is 7.94. The zero-order valence-electron chi connectivity index (χ0n) is 12.9. The molecule has 0 bridgehead atoms. The van der Waals surface area contributed by atoms with E-state index in [0.717, 1.165) is 38.2 Å². The minimum Gasteiger partial charge on any atom is -0.339 e. The number of hydrogen-bond acceptors (Lipinski definition) is 3. The molecule has 1 unspecified atom stereocenters. The van der Waals surface area contributed by atoms with Crippen molar-refractivity contribution in [3.8, 4) is 0 Å². The summed E-state index contributed by atoms with van der Waals surface area (Å²) in [7, 11) is 1.89. The summed E-state index contributed by atoms with van der Waals surface area (Å²) in [6, 6.07) is 2.36. The van der Waals surface area contributed by atoms with E-state index in [0.29, 0.717) is 11.7 Å². The Balaban J connectivity index is 2.03. The Labute approximate surface area is 121 Å². The molecule has 112 valence electrons. The molecule has 1 saturated heterocycles. The number of aromatic nitrogens is 2. The zero-order chi connectivity index (χ0) is 14.5. The first-order chi connectivity index (χ1) is 9.65. The Morgan fingerprint density at radius 3 is 2.90 bits per heavy atom. The number of piperidine rings is 1. The molecule has 0 aliphatic carbocycles. The van der Waals surface area contributed by atoms with E-state index in [2.05, 4.69) is 17.3 Å². The van der Waals surface area contributed by atoms with Gasteiger partial charge in [-0.05, 0) is 38.8 Å². The second kappa shape index (κ2) is 6.88. The highest BCUT2D eigenvalue weighted by Gasteiger charge is 2.21. The van der Waals surface area contributed by atoms with E-state index in [1.54, 1.807) is 0 Å². The Hall–Kier alpha value is -1.36. The van der Waals surface area contributed by atoms with Crippen molar-refractivity contribution in [2.24, 2.45) is 0 Å². The van der Waals surface area contributed by atoms with E-state index in [-0.39, 0.29) is 5.91 Å². The topological polar surface area (TPSA) is 50.2 Å². The molecule has 1 fully saturated rings. The average Bonchev–Trinajstić information content (AvgIpc) is 2.90. The van der Waals surface area contributed by atoms with Crippen molar-refractivity contribution in [2.75, 3.05) is 20.1 Å². The molecule has 0 aromatic carbocycles. The van der Waals surface area contributed by atoms with Gasteiger partial charge in [0.05, 0.1) is 5.69 Å². The molecule has 2 heterocycles. The maximum atomic E-state index is 12.6. The van der Waals surface area contributed by atoms with Gasteiger partial charge in [-0.1, -0.05) is 13.3 Å². The predicted molar refractivity (Wildman–Crippen MR) is 79.9 cm³/mol. The van der Waals surface area contributed by atoms with E-state index in [1.165, 1.54) is 12.8 Å². The highest BCUT2D eigenvalue weighted by atomic mass is 16.2. The molecule has 0 spiro atoms. The molecular formula is C15H26N4O. The number of carbonyl (C=O) groups excluding carboxylic acids is 1. The monoisotopic (exact) mass is 278 g/mol. The molecule has 1 aliphatic heterocycles. The molecule has 20 heavy (non-hydrogen) atoms. The first-order valence-electron chi connectivity index (χ1n) is 7.71. The van der Waals surface area contributed by atoms with Gasteiger partial charge in [0.1, 0.15) is 5.69 Å². The molecule has 1 aromatic heterocycles. The smallest absolute Gasteiger partial charge is 0.271 e. The second-order valence-corrected chi connectivity index (χ2v) is 5.52. The fraction of sp³-hybridized carbons (Fsp3) is 0.733. The van der Waals surface area contributed by atoms with Gasteiger partial charge in [0.25, 0.3) is 5.91 Å². The minimum absolute atomic E-state index is 0.0754. The predicted octanol–water partition coefficient (Wildman–Crippen LogP) is 1.68. The number of nitrogens with one attached hydrogen (secondary N) is 1. The van der Waals surface area contributed by atoms with Gasteiger partial charge in [-0.2, -0.15) is 5.10 Å². The van der Waals surface area contributed by atoms with E-state index in [1.807, 2.05) is 29.6 Å². The van der Waals surface area contributed by atoms with Crippen molar-refractivity contribution in [3.63, 3.8) is 0 Å². The zero-order valence-corrected chi connectivity index (χ0v) is 12.9. The van der Waals surface area contributed by atoms with Gasteiger partial charge in [-0.3, -0.25) is 9.48 Å². The molecule has 1 N–H and O–H groups in total. The molecule has 1 aromatic rings. The van der Waals surface area contributed by atoms with Crippen molar-refractivity contribution < 1.29 is 4.79 Å². The normalized spacial score (nSPS) is 19.1. The maximum Gasteiger partial charge on any atom is 0.271 e. The summed E-state index contributed by atoms with van der Waals surface area (Å²) < 4.78 is 1.81. The molecule has 2 rings (SSSR count). The summed E-state index contributed by atoms with van der Waals surface area (Å²) in [5.74, 6) is 0.0754. The largest absolute Gasteiger partial charge is 0.339 e. The molecule has 1 amide bonds. The van der Waals surface area contributed by atoms with Crippen LogP contribution in [0.5, 0.6) is 0 Å². The third-order valence-corrected chi connectivity index (χ3v) is 3.96. The van der Waals surface area contributed by atoms with Crippen LogP contribution in [0.2, 0.25) is 0 Å². The highest BCUT2D eigenvalue weighted by Crippen LogP contribution is 2.12. The van der Waals surface area contributed by atoms with Crippen LogP contribution in [0, 0.1) is 0 Å². The SMILES string of the molecule is CCc1cc(C(=O)N(C)CC2CCCCN2)n(CC)n1. The quantitative estimate of drug-likeness (QED) is 0.891. The number of nitrogens with zero attached hydrogens (tertiary/aromatic N) is 3. The molecule has 0 radical (unpaired) electrons. The number of amides is 1. The minimum atomic E-state index is 0.0754. The fourth-order valence-electron chi connectivity index (χ4n) is 2.74. The summed E-state index contributed by atoms with van der Waals surface area (Å²) in [5.41, 5.74) is 1.70. The lowest BCUT2D eigenvalue weighted by Crippen LogP contribution is -2.44. The van der Waals surface area contributed by atoms with Crippen LogP contribution >= 0.6 is 0 Å². The van der Waals surface area contributed by atoms with Gasteiger partial charge in [0, 0.05) is 26.2 Å². The Morgan fingerprint density at radius 2 is 2.30 bits per heavy atom. The van der Waals surface area contributed by atoms with Gasteiger partial charge in [-0.25, -0.2) is 0 Å². The van der Waals surface area contributed by atoms with Crippen LogP contribution < -0.4 is 5.32 Å². The van der Waals surface area contributed by atoms with Gasteiger partial charge >= 0.3 is 0 Å². The first kappa shape index (κ1) is 15.0. The maximum absolute atomic E-state index is 12.6. The number of hydrogen-bond donors (Lipinski definition) is 1. The van der Waals surface area contributed by atoms with Crippen LogP contribution in [-0.2, 0) is 13.0 Å². The van der Waals surface area contributed by atoms with E-state index in [9.17, 15) is 4.79 Å². The van der Waals surface area contributed by atoms with Crippen LogP contribution in [0.4, 0.5) is 0 Å². The van der Waals surface area contributed by atoms with E-state index >= 15 is 0 Å². The molecule has 0 saturated carbocycles. The van der Waals surface area contributed by atoms with E-state index < -0.39 is 0 Å². The van der Waals surface area contributed by atoms with Crippen LogP contribution in [0.25, 0.3) is 0 Å². The number of rotatable bonds is 5. The summed E-state index contributed by atoms with van der Waals surface area (Å²) in [4.78, 5) is 14.4. The second-order valence-electron chi connectivity index (χ2n) is 5.52. The first-order valence-corrected chi connectivity index (χ1v) is 7.71. The van der Waals surface area contributed by atoms with Crippen molar-refractivity contribution in [1.29, 1.82) is 0 Å². The summed E-state index contributed by atoms with van der Waals surface area (Å²) >= 11 is 0. The highest BCUT2D eigenvalue weighted by molar-refractivity contribution is 5.92. The van der Waals surface area contributed by atoms with Crippen LogP contribution in [-0.4, -0.2) is 46.8 Å². The average molecular weight is 278 g/mol. The third-order valence-electron chi connectivity index (χ3n) is 3.96. The Kier molecular flexibility index (Phi) is 5.17. The van der Waals surface area contributed by atoms with Crippen LogP contribution in [0.15, 0.2) is 6.07 Å². The molecule has 1 atom stereocenters. The van der Waals surface area contributed by atoms with Gasteiger partial charge in [-0.15, -0.1) is 0 Å². The van der Waals surface area contributed by atoms with Crippen molar-refractivity contribution in [2.45, 2.75) is 52.1 Å². The van der Waals surface area contributed by atoms with Crippen molar-refractivity contribution in [1.82, 2.24) is 20.0 Å². The number of aryl methyl sites for hydroxylation is 2. The van der Waals surface area contributed by atoms with Crippen molar-refractivity contribution in [3.05, 3.63) is 17.5 Å². The van der Waals surface area contributed by atoms with Gasteiger partial charge in [0.15, 0.2) is 0 Å². The summed E-state index contributed by atoms with van der Waals surface area (Å²) in [6.45, 7) is 6.66. The van der Waals surface area contributed by atoms with Gasteiger partial charge < -0.3 is 10.2 Å². The fourth-order valence-corrected chi connectivity index (χ4v) is 2.74. The number of likely N-dealkylation sites (N-methyl/N-ethyl adjacent to an activating group) is 1. The molecular weight excluding hydrogens is 252 g/mol.